The number of carbonyl (C=O) groups is 1. The third-order valence-electron chi connectivity index (χ3n) is 5.69. The lowest BCUT2D eigenvalue weighted by Crippen LogP contribution is -2.33. The third-order valence-corrected chi connectivity index (χ3v) is 5.99. The zero-order valence-corrected chi connectivity index (χ0v) is 18.5. The molecule has 1 fully saturated rings. The van der Waals surface area contributed by atoms with Crippen LogP contribution in [0.4, 0.5) is 5.95 Å². The summed E-state index contributed by atoms with van der Waals surface area (Å²) in [5.41, 5.74) is 0.840. The fraction of sp³-hybridized carbons (Fsp3) is 0.364. The van der Waals surface area contributed by atoms with Gasteiger partial charge in [0.25, 0.3) is 5.56 Å². The molecule has 0 aliphatic carbocycles. The summed E-state index contributed by atoms with van der Waals surface area (Å²) in [5.74, 6) is 0.206. The quantitative estimate of drug-likeness (QED) is 0.540. The number of hydrogen-bond acceptors (Lipinski definition) is 8. The summed E-state index contributed by atoms with van der Waals surface area (Å²) in [4.78, 5) is 38.9. The summed E-state index contributed by atoms with van der Waals surface area (Å²) >= 11 is 6.26. The lowest BCUT2D eigenvalue weighted by atomic mass is 9.98. The predicted molar refractivity (Wildman–Crippen MR) is 120 cm³/mol. The molecule has 1 atom stereocenters. The molecule has 4 rings (SSSR count). The van der Waals surface area contributed by atoms with Gasteiger partial charge < -0.3 is 24.5 Å². The maximum absolute atomic E-state index is 12.8. The van der Waals surface area contributed by atoms with Crippen molar-refractivity contribution < 1.29 is 19.4 Å². The number of hydrogen-bond donors (Lipinski definition) is 2. The van der Waals surface area contributed by atoms with Crippen LogP contribution in [0, 0.1) is 0 Å². The summed E-state index contributed by atoms with van der Waals surface area (Å²) in [7, 11) is 2.75. The van der Waals surface area contributed by atoms with Crippen LogP contribution in [0.5, 0.6) is 5.75 Å². The summed E-state index contributed by atoms with van der Waals surface area (Å²) in [5, 5.41) is 10.6. The van der Waals surface area contributed by atoms with E-state index in [2.05, 4.69) is 15.0 Å². The monoisotopic (exact) mass is 458 g/mol. The van der Waals surface area contributed by atoms with Crippen molar-refractivity contribution in [1.82, 2.24) is 15.0 Å². The number of rotatable bonds is 6. The van der Waals surface area contributed by atoms with E-state index in [0.717, 1.165) is 24.9 Å². The summed E-state index contributed by atoms with van der Waals surface area (Å²) < 4.78 is 10.1. The molecule has 9 nitrogen and oxygen atoms in total. The number of nitrogens with zero attached hydrogens (tertiary/aromatic N) is 3. The molecule has 1 aromatic carbocycles. The number of H-pyrrole nitrogens is 1. The highest BCUT2D eigenvalue weighted by Crippen LogP contribution is 2.29. The van der Waals surface area contributed by atoms with Crippen LogP contribution in [0.25, 0.3) is 11.0 Å². The van der Waals surface area contributed by atoms with Crippen molar-refractivity contribution in [3.05, 3.63) is 56.5 Å². The van der Waals surface area contributed by atoms with E-state index in [1.165, 1.54) is 14.2 Å². The van der Waals surface area contributed by atoms with Gasteiger partial charge in [0.15, 0.2) is 0 Å². The highest BCUT2D eigenvalue weighted by Gasteiger charge is 2.27. The lowest BCUT2D eigenvalue weighted by molar-refractivity contribution is 0.0598. The molecule has 1 saturated heterocycles. The number of esters is 1. The highest BCUT2D eigenvalue weighted by molar-refractivity contribution is 6.32. The van der Waals surface area contributed by atoms with E-state index in [1.54, 1.807) is 18.3 Å². The minimum Gasteiger partial charge on any atom is -0.495 e. The van der Waals surface area contributed by atoms with E-state index in [0.29, 0.717) is 33.3 Å². The number of aliphatic hydroxyl groups is 1. The first-order valence-corrected chi connectivity index (χ1v) is 10.5. The number of aliphatic hydroxyl groups excluding tert-OH is 1. The second-order valence-corrected chi connectivity index (χ2v) is 7.96. The van der Waals surface area contributed by atoms with Crippen LogP contribution in [0.2, 0.25) is 5.02 Å². The first kappa shape index (κ1) is 22.0. The third kappa shape index (κ3) is 4.01. The van der Waals surface area contributed by atoms with Gasteiger partial charge in [-0.05, 0) is 42.5 Å². The van der Waals surface area contributed by atoms with Crippen LogP contribution >= 0.6 is 11.6 Å². The molecular formula is C22H23ClN4O5. The smallest absolute Gasteiger partial charge is 0.343 e. The molecule has 0 saturated carbocycles. The molecule has 10 heteroatoms. The number of methoxy groups -OCH3 is 2. The summed E-state index contributed by atoms with van der Waals surface area (Å²) in [6.45, 7) is 0.723. The van der Waals surface area contributed by atoms with Gasteiger partial charge in [-0.3, -0.25) is 4.79 Å². The van der Waals surface area contributed by atoms with Crippen molar-refractivity contribution in [3.63, 3.8) is 0 Å². The Morgan fingerprint density at radius 1 is 1.38 bits per heavy atom. The predicted octanol–water partition coefficient (Wildman–Crippen LogP) is 2.32. The minimum absolute atomic E-state index is 0.00265. The molecule has 0 unspecified atom stereocenters. The Labute approximate surface area is 189 Å². The number of benzene rings is 1. The topological polar surface area (TPSA) is 118 Å². The lowest BCUT2D eigenvalue weighted by Gasteiger charge is -2.23. The zero-order valence-electron chi connectivity index (χ0n) is 17.7. The fourth-order valence-electron chi connectivity index (χ4n) is 4.08. The molecule has 0 spiro atoms. The van der Waals surface area contributed by atoms with Gasteiger partial charge in [-0.15, -0.1) is 0 Å². The Morgan fingerprint density at radius 3 is 2.88 bits per heavy atom. The summed E-state index contributed by atoms with van der Waals surface area (Å²) in [6, 6.07) is 5.19. The summed E-state index contributed by atoms with van der Waals surface area (Å²) in [6.07, 6.45) is 3.60. The largest absolute Gasteiger partial charge is 0.495 e. The van der Waals surface area contributed by atoms with Crippen molar-refractivity contribution in [2.75, 3.05) is 32.3 Å². The van der Waals surface area contributed by atoms with Gasteiger partial charge in [-0.1, -0.05) is 17.7 Å². The number of fused-ring (bicyclic) bond motifs is 1. The number of aromatic nitrogens is 3. The van der Waals surface area contributed by atoms with Crippen molar-refractivity contribution >= 4 is 34.6 Å². The molecule has 3 aromatic rings. The van der Waals surface area contributed by atoms with Gasteiger partial charge in [-0.25, -0.2) is 9.78 Å². The van der Waals surface area contributed by atoms with E-state index in [-0.39, 0.29) is 24.6 Å². The van der Waals surface area contributed by atoms with Gasteiger partial charge in [0.2, 0.25) is 5.95 Å². The number of aromatic amines is 1. The van der Waals surface area contributed by atoms with Gasteiger partial charge in [0, 0.05) is 18.1 Å². The number of nitrogens with one attached hydrogen (secondary N) is 1. The molecule has 1 aliphatic heterocycles. The Bertz CT molecular complexity index is 1230. The van der Waals surface area contributed by atoms with Crippen LogP contribution in [-0.2, 0) is 11.2 Å². The Balaban J connectivity index is 1.85. The number of carbonyl (C=O) groups excluding carboxylic acids is 1. The number of anilines is 1. The molecule has 1 aliphatic rings. The van der Waals surface area contributed by atoms with Crippen molar-refractivity contribution in [2.24, 2.45) is 0 Å². The van der Waals surface area contributed by atoms with Crippen LogP contribution in [-0.4, -0.2) is 59.4 Å². The first-order chi connectivity index (χ1) is 15.5. The number of ether oxygens (including phenoxy) is 2. The van der Waals surface area contributed by atoms with E-state index >= 15 is 0 Å². The van der Waals surface area contributed by atoms with Crippen LogP contribution < -0.4 is 15.2 Å². The van der Waals surface area contributed by atoms with Crippen molar-refractivity contribution in [1.29, 1.82) is 0 Å². The molecule has 32 heavy (non-hydrogen) atoms. The van der Waals surface area contributed by atoms with Crippen LogP contribution in [0.15, 0.2) is 29.2 Å². The second kappa shape index (κ2) is 9.13. The van der Waals surface area contributed by atoms with Gasteiger partial charge in [0.05, 0.1) is 31.9 Å². The number of pyridine rings is 1. The molecule has 3 heterocycles. The van der Waals surface area contributed by atoms with Crippen LogP contribution in [0.1, 0.15) is 34.3 Å². The fourth-order valence-corrected chi connectivity index (χ4v) is 4.36. The maximum atomic E-state index is 12.8. The zero-order chi connectivity index (χ0) is 22.8. The average Bonchev–Trinajstić information content (AvgIpc) is 3.27. The van der Waals surface area contributed by atoms with E-state index in [1.807, 2.05) is 11.0 Å². The van der Waals surface area contributed by atoms with Gasteiger partial charge in [-0.2, -0.15) is 4.98 Å². The second-order valence-electron chi connectivity index (χ2n) is 7.55. The van der Waals surface area contributed by atoms with E-state index in [4.69, 9.17) is 21.1 Å². The molecule has 168 valence electrons. The Morgan fingerprint density at radius 2 is 2.19 bits per heavy atom. The molecule has 0 radical (unpaired) electrons. The standard InChI is InChI=1S/C22H23ClN4O5/c1-31-17-6-5-12(9-16(17)23)8-14-15-10-24-22(27-7-3-4-13(27)11-28)26-19(15)25-20(29)18(14)21(30)32-2/h5-6,9-10,13,28H,3-4,7-8,11H2,1-2H3,(H,24,25,26,29)/t13-/m0/s1. The Hall–Kier alpha value is -3.17. The van der Waals surface area contributed by atoms with Crippen molar-refractivity contribution in [3.8, 4) is 5.75 Å². The first-order valence-electron chi connectivity index (χ1n) is 10.2. The molecule has 2 aromatic heterocycles. The van der Waals surface area contributed by atoms with E-state index in [9.17, 15) is 14.7 Å². The molecular weight excluding hydrogens is 436 g/mol. The molecule has 0 bridgehead atoms. The molecule has 0 amide bonds. The molecule has 2 N–H and O–H groups in total. The van der Waals surface area contributed by atoms with E-state index < -0.39 is 11.5 Å². The van der Waals surface area contributed by atoms with Crippen LogP contribution in [0.3, 0.4) is 0 Å². The highest BCUT2D eigenvalue weighted by atomic mass is 35.5. The van der Waals surface area contributed by atoms with Crippen molar-refractivity contribution in [2.45, 2.75) is 25.3 Å². The van der Waals surface area contributed by atoms with Gasteiger partial charge >= 0.3 is 5.97 Å². The Kier molecular flexibility index (Phi) is 6.29. The average molecular weight is 459 g/mol. The van der Waals surface area contributed by atoms with Gasteiger partial charge in [0.1, 0.15) is 17.0 Å². The number of halogens is 1. The maximum Gasteiger partial charge on any atom is 0.343 e. The normalized spacial score (nSPS) is 15.9. The minimum atomic E-state index is -0.744. The SMILES string of the molecule is COC(=O)c1c(Cc2ccc(OC)c(Cl)c2)c2cnc(N3CCC[C@H]3CO)nc2[nH]c1=O.